The van der Waals surface area contributed by atoms with Crippen LogP contribution in [-0.4, -0.2) is 204 Å². The van der Waals surface area contributed by atoms with Gasteiger partial charge in [0.15, 0.2) is 23.1 Å². The number of aromatic amines is 1. The van der Waals surface area contributed by atoms with Crippen molar-refractivity contribution in [3.05, 3.63) is 276 Å². The van der Waals surface area contributed by atoms with Crippen molar-refractivity contribution in [2.24, 2.45) is 0 Å². The van der Waals surface area contributed by atoms with Crippen molar-refractivity contribution >= 4 is 166 Å². The van der Waals surface area contributed by atoms with Crippen molar-refractivity contribution < 1.29 is 38.4 Å². The Morgan fingerprint density at radius 1 is 0.326 bits per heavy atom. The molecular formula is C103H112Br4N14O8. The van der Waals surface area contributed by atoms with Gasteiger partial charge < -0.3 is 65.5 Å². The predicted octanol–water partition coefficient (Wildman–Crippen LogP) is 18.2. The van der Waals surface area contributed by atoms with Crippen molar-refractivity contribution in [3.8, 4) is 0 Å². The summed E-state index contributed by atoms with van der Waals surface area (Å²) in [6.45, 7) is 16.7. The predicted molar refractivity (Wildman–Crippen MR) is 526 cm³/mol. The molecule has 8 saturated heterocycles. The molecule has 26 heteroatoms. The molecule has 0 saturated carbocycles. The third kappa shape index (κ3) is 21.2. The van der Waals surface area contributed by atoms with Crippen LogP contribution >= 0.6 is 63.7 Å². The second-order valence-corrected chi connectivity index (χ2v) is 39.2. The summed E-state index contributed by atoms with van der Waals surface area (Å²) >= 11 is 13.9. The fraction of sp³-hybridized carbons (Fsp3) is 0.369. The Balaban J connectivity index is 0.000000126. The van der Waals surface area contributed by atoms with Crippen LogP contribution in [0.3, 0.4) is 0 Å². The molecule has 0 unspecified atom stereocenters. The van der Waals surface area contributed by atoms with Gasteiger partial charge in [-0.05, 0) is 261 Å². The monoisotopic (exact) mass is 1990 g/mol. The summed E-state index contributed by atoms with van der Waals surface area (Å²) in [6, 6.07) is 72.5. The molecule has 0 bridgehead atoms. The zero-order valence-corrected chi connectivity index (χ0v) is 79.6. The molecule has 10 heterocycles. The SMILES string of the molecule is Cc1ccc(C(=O)CCCN2CCC3(CC2)C(=O)NCN3c2ccc(Br)cc2)cc1.Cc1ccc2[nH]c(C(=O)CCCN3CCC4(CC3)C(=O)NCN4c3ccc(Br)cc3)cc2c1.O=C(CCCN1CCC2(CC1)C(=O)NCN2c1ccc(Br)cc1)c1ccc2ccccc2c1.O=C(CCCN1CCC2(CC1)C(=O)NCN2c1ccc(Br)cc1)c1cnc2ccccc2c1. The van der Waals surface area contributed by atoms with Gasteiger partial charge in [-0.1, -0.05) is 160 Å². The molecule has 5 N–H and O–H groups in total. The van der Waals surface area contributed by atoms with Crippen LogP contribution in [-0.2, 0) is 19.2 Å². The molecule has 2 aromatic heterocycles. The first-order valence-electron chi connectivity index (χ1n) is 45.3. The number of carbonyl (C=O) groups excluding carboxylic acids is 8. The van der Waals surface area contributed by atoms with Gasteiger partial charge in [-0.25, -0.2) is 0 Å². The summed E-state index contributed by atoms with van der Waals surface area (Å²) in [7, 11) is 0. The number of pyridine rings is 1. The van der Waals surface area contributed by atoms with E-state index in [1.807, 2.05) is 159 Å². The van der Waals surface area contributed by atoms with Crippen LogP contribution in [0.4, 0.5) is 22.7 Å². The molecule has 22 nitrogen and oxygen atoms in total. The number of hydrogen-bond acceptors (Lipinski definition) is 17. The molecular weight excluding hydrogens is 1880 g/mol. The normalized spacial score (nSPS) is 18.2. The Labute approximate surface area is 788 Å². The van der Waals surface area contributed by atoms with Crippen LogP contribution in [0, 0.1) is 13.8 Å². The van der Waals surface area contributed by atoms with E-state index in [4.69, 9.17) is 0 Å². The number of rotatable bonds is 24. The van der Waals surface area contributed by atoms with Crippen LogP contribution in [0.15, 0.2) is 242 Å². The summed E-state index contributed by atoms with van der Waals surface area (Å²) in [5, 5.41) is 16.6. The first kappa shape index (κ1) is 92.0. The number of fused-ring (bicyclic) bond motifs is 3. The molecule has 19 rings (SSSR count). The van der Waals surface area contributed by atoms with E-state index in [0.29, 0.717) is 63.6 Å². The van der Waals surface area contributed by atoms with Crippen LogP contribution in [0.2, 0.25) is 0 Å². The van der Waals surface area contributed by atoms with Crippen molar-refractivity contribution in [3.63, 3.8) is 0 Å². The van der Waals surface area contributed by atoms with Crippen molar-refractivity contribution in [1.29, 1.82) is 0 Å². The van der Waals surface area contributed by atoms with Crippen molar-refractivity contribution in [2.75, 3.05) is 125 Å². The van der Waals surface area contributed by atoms with Crippen molar-refractivity contribution in [2.45, 2.75) is 139 Å². The van der Waals surface area contributed by atoms with Gasteiger partial charge in [0.25, 0.3) is 0 Å². The molecule has 9 aromatic carbocycles. The van der Waals surface area contributed by atoms with E-state index in [9.17, 15) is 38.4 Å². The summed E-state index contributed by atoms with van der Waals surface area (Å²) in [5.41, 5.74) is 9.67. The summed E-state index contributed by atoms with van der Waals surface area (Å²) in [6.07, 6.45) is 13.5. The van der Waals surface area contributed by atoms with Crippen LogP contribution < -0.4 is 40.9 Å². The quantitative estimate of drug-likeness (QED) is 0.0353. The number of likely N-dealkylation sites (tertiary alicyclic amines) is 4. The second-order valence-electron chi connectivity index (χ2n) is 35.5. The number of nitrogens with one attached hydrogen (secondary N) is 5. The maximum absolute atomic E-state index is 12.8. The fourth-order valence-electron chi connectivity index (χ4n) is 19.9. The van der Waals surface area contributed by atoms with Gasteiger partial charge in [-0.2, -0.15) is 0 Å². The maximum atomic E-state index is 12.8. The zero-order valence-electron chi connectivity index (χ0n) is 73.3. The van der Waals surface area contributed by atoms with Gasteiger partial charge in [0.2, 0.25) is 23.6 Å². The van der Waals surface area contributed by atoms with Crippen LogP contribution in [0.25, 0.3) is 32.6 Å². The van der Waals surface area contributed by atoms with E-state index >= 15 is 0 Å². The highest BCUT2D eigenvalue weighted by atomic mass is 79.9. The number of hydrogen-bond donors (Lipinski definition) is 5. The smallest absolute Gasteiger partial charge is 0.247 e. The Kier molecular flexibility index (Phi) is 29.6. The number of aromatic nitrogens is 2. The number of ketones is 4. The molecule has 670 valence electrons. The molecule has 8 fully saturated rings. The third-order valence-corrected chi connectivity index (χ3v) is 29.7. The highest BCUT2D eigenvalue weighted by Crippen LogP contribution is 2.42. The highest BCUT2D eigenvalue weighted by molar-refractivity contribution is 9.11. The fourth-order valence-corrected chi connectivity index (χ4v) is 21.0. The number of H-pyrrole nitrogens is 1. The van der Waals surface area contributed by atoms with Gasteiger partial charge in [-0.3, -0.25) is 43.3 Å². The summed E-state index contributed by atoms with van der Waals surface area (Å²) in [4.78, 5) is 128. The number of anilines is 4. The highest BCUT2D eigenvalue weighted by Gasteiger charge is 2.54. The minimum atomic E-state index is -0.475. The molecule has 0 atom stereocenters. The van der Waals surface area contributed by atoms with Gasteiger partial charge in [0, 0.05) is 158 Å². The average Bonchev–Trinajstić information content (AvgIpc) is 1.63. The summed E-state index contributed by atoms with van der Waals surface area (Å²) < 4.78 is 4.13. The number of amides is 4. The number of nitrogens with zero attached hydrogens (tertiary/aromatic N) is 9. The molecule has 0 aliphatic carbocycles. The maximum Gasteiger partial charge on any atom is 0.247 e. The van der Waals surface area contributed by atoms with E-state index in [-0.39, 0.29) is 46.8 Å². The van der Waals surface area contributed by atoms with Crippen LogP contribution in [0.1, 0.15) is 155 Å². The molecule has 8 aliphatic rings. The van der Waals surface area contributed by atoms with E-state index in [0.717, 1.165) is 240 Å². The molecule has 4 amide bonds. The zero-order chi connectivity index (χ0) is 89.8. The first-order chi connectivity index (χ1) is 62.5. The lowest BCUT2D eigenvalue weighted by Crippen LogP contribution is -2.56. The first-order valence-corrected chi connectivity index (χ1v) is 48.5. The molecule has 129 heavy (non-hydrogen) atoms. The second kappa shape index (κ2) is 41.4. The number of para-hydroxylation sites is 1. The number of aryl methyl sites for hydroxylation is 2. The standard InChI is InChI=1S/C27H28BrN3O2.C26H29BrN4O2.C26H27BrN4O2.C24H28BrN3O2/c28-23-9-11-24(12-10-23)31-19-29-26(33)27(31)13-16-30(17-14-27)15-3-6-25(32)22-8-7-20-4-1-2-5-21(20)18-22;1-18-4-9-22-19(15-18)16-23(29-22)24(32)3-2-12-30-13-10-26(11-14-30)25(33)28-17-31(26)21-7-5-20(27)6-8-21;27-21-7-9-22(10-8-21)31-18-29-25(33)26(31)11-14-30(15-12-26)13-3-6-24(32)20-16-19-4-1-2-5-23(19)28-17-20;1-18-4-6-19(7-5-18)22(29)3-2-14-27-15-12-24(13-16-27)23(30)26-17-28(24)21-10-8-20(25)9-11-21/h1-2,4-5,7-12,18H,3,6,13-17,19H2,(H,29,33);4-9,15-16,29H,2-3,10-14,17H2,1H3,(H,28,33);1-2,4-5,7-10,16-17H,3,6,11-15,18H2,(H,29,33);4-11H,2-3,12-17H2,1H3,(H,26,30). The van der Waals surface area contributed by atoms with Gasteiger partial charge in [0.1, 0.15) is 22.2 Å². The Bertz CT molecular complexity index is 5660. The average molecular weight is 1990 g/mol. The molecule has 0 radical (unpaired) electrons. The third-order valence-electron chi connectivity index (χ3n) is 27.6. The van der Waals surface area contributed by atoms with E-state index < -0.39 is 22.2 Å². The Morgan fingerprint density at radius 2 is 0.651 bits per heavy atom. The van der Waals surface area contributed by atoms with E-state index in [1.165, 1.54) is 11.1 Å². The van der Waals surface area contributed by atoms with Gasteiger partial charge >= 0.3 is 0 Å². The minimum Gasteiger partial charge on any atom is -0.352 e. The van der Waals surface area contributed by atoms with Gasteiger partial charge in [-0.15, -0.1) is 0 Å². The Hall–Kier alpha value is -10.3. The molecule has 4 spiro atoms. The lowest BCUT2D eigenvalue weighted by molar-refractivity contribution is -0.125. The molecule has 8 aliphatic heterocycles. The van der Waals surface area contributed by atoms with Crippen LogP contribution in [0.5, 0.6) is 0 Å². The lowest BCUT2D eigenvalue weighted by atomic mass is 9.85. The van der Waals surface area contributed by atoms with E-state index in [2.05, 4.69) is 208 Å². The van der Waals surface area contributed by atoms with Crippen molar-refractivity contribution in [1.82, 2.24) is 50.8 Å². The molecule has 11 aromatic rings. The number of halogens is 4. The number of carbonyl (C=O) groups is 8. The topological polar surface area (TPSA) is 239 Å². The van der Waals surface area contributed by atoms with E-state index in [1.54, 1.807) is 6.20 Å². The number of benzene rings is 9. The Morgan fingerprint density at radius 3 is 1.05 bits per heavy atom. The largest absolute Gasteiger partial charge is 0.352 e. The van der Waals surface area contributed by atoms with Gasteiger partial charge in [0.05, 0.1) is 37.9 Å². The number of piperidine rings is 4. The lowest BCUT2D eigenvalue weighted by Gasteiger charge is -2.43. The summed E-state index contributed by atoms with van der Waals surface area (Å²) in [5.74, 6) is 1.24. The number of Topliss-reactive ketones (excluding diaryl/α,β-unsaturated/α-hetero) is 4. The minimum absolute atomic E-state index is 0.129.